The number of aliphatic hydroxyl groups excluding tert-OH is 1. The van der Waals surface area contributed by atoms with Crippen molar-refractivity contribution in [3.8, 4) is 22.4 Å². The number of rotatable bonds is 8. The van der Waals surface area contributed by atoms with Crippen molar-refractivity contribution in [2.24, 2.45) is 0 Å². The fourth-order valence-electron chi connectivity index (χ4n) is 5.99. The van der Waals surface area contributed by atoms with Gasteiger partial charge in [0.15, 0.2) is 0 Å². The van der Waals surface area contributed by atoms with E-state index in [4.69, 9.17) is 0 Å². The van der Waals surface area contributed by atoms with Gasteiger partial charge in [0.2, 0.25) is 0 Å². The van der Waals surface area contributed by atoms with E-state index in [0.717, 1.165) is 32.7 Å². The van der Waals surface area contributed by atoms with Crippen molar-refractivity contribution in [3.05, 3.63) is 120 Å². The summed E-state index contributed by atoms with van der Waals surface area (Å²) in [6, 6.07) is 38.7. The third-order valence-electron chi connectivity index (χ3n) is 7.90. The SMILES string of the molecule is Cc1ccc2c(c1)c(-c1ccccc1)c(-c1ccccc1)n2C[C@H](O)CN1CCN(Cc2ccccc2)CC1. The molecule has 0 bridgehead atoms. The third-order valence-corrected chi connectivity index (χ3v) is 7.90. The van der Waals surface area contributed by atoms with E-state index in [-0.39, 0.29) is 0 Å². The van der Waals surface area contributed by atoms with Crippen LogP contribution in [0, 0.1) is 6.92 Å². The van der Waals surface area contributed by atoms with Gasteiger partial charge in [0.1, 0.15) is 0 Å². The Kier molecular flexibility index (Phi) is 7.60. The Bertz CT molecular complexity index is 1500. The number of fused-ring (bicyclic) bond motifs is 1. The van der Waals surface area contributed by atoms with Gasteiger partial charge in [-0.3, -0.25) is 9.80 Å². The lowest BCUT2D eigenvalue weighted by Crippen LogP contribution is -2.48. The lowest BCUT2D eigenvalue weighted by atomic mass is 9.98. The second-order valence-corrected chi connectivity index (χ2v) is 10.8. The lowest BCUT2D eigenvalue weighted by molar-refractivity contribution is 0.0631. The third kappa shape index (κ3) is 5.69. The number of aliphatic hydroxyl groups is 1. The highest BCUT2D eigenvalue weighted by Crippen LogP contribution is 2.41. The first-order chi connectivity index (χ1) is 19.2. The fourth-order valence-corrected chi connectivity index (χ4v) is 5.99. The van der Waals surface area contributed by atoms with Crippen LogP contribution in [0.2, 0.25) is 0 Å². The molecular formula is C35H37N3O. The summed E-state index contributed by atoms with van der Waals surface area (Å²) in [5.41, 5.74) is 8.57. The molecule has 4 aromatic carbocycles. The van der Waals surface area contributed by atoms with E-state index in [0.29, 0.717) is 13.1 Å². The molecule has 39 heavy (non-hydrogen) atoms. The van der Waals surface area contributed by atoms with Crippen LogP contribution in [-0.4, -0.2) is 58.3 Å². The minimum Gasteiger partial charge on any atom is -0.390 e. The molecule has 0 amide bonds. The Hall–Kier alpha value is -3.70. The maximum Gasteiger partial charge on any atom is 0.0845 e. The molecule has 4 heteroatoms. The summed E-state index contributed by atoms with van der Waals surface area (Å²) in [5, 5.41) is 12.7. The molecule has 6 rings (SSSR count). The van der Waals surface area contributed by atoms with Crippen LogP contribution >= 0.6 is 0 Å². The first-order valence-corrected chi connectivity index (χ1v) is 14.1. The molecule has 1 fully saturated rings. The molecule has 1 N–H and O–H groups in total. The largest absolute Gasteiger partial charge is 0.390 e. The monoisotopic (exact) mass is 515 g/mol. The summed E-state index contributed by atoms with van der Waals surface area (Å²) in [6.07, 6.45) is -0.464. The summed E-state index contributed by atoms with van der Waals surface area (Å²) in [5.74, 6) is 0. The predicted octanol–water partition coefficient (Wildman–Crippen LogP) is 6.46. The molecule has 1 aliphatic heterocycles. The van der Waals surface area contributed by atoms with E-state index in [9.17, 15) is 5.11 Å². The van der Waals surface area contributed by atoms with Gasteiger partial charge in [0.25, 0.3) is 0 Å². The zero-order valence-corrected chi connectivity index (χ0v) is 22.7. The molecule has 1 aliphatic rings. The molecule has 5 aromatic rings. The van der Waals surface area contributed by atoms with Crippen LogP contribution in [0.15, 0.2) is 109 Å². The van der Waals surface area contributed by atoms with Crippen molar-refractivity contribution in [3.63, 3.8) is 0 Å². The molecule has 198 valence electrons. The molecule has 0 aliphatic carbocycles. The molecule has 0 unspecified atom stereocenters. The summed E-state index contributed by atoms with van der Waals surface area (Å²) in [4.78, 5) is 4.93. The standard InChI is InChI=1S/C35H37N3O/c1-27-17-18-33-32(23-27)34(29-13-7-3-8-14-29)35(30-15-9-4-10-16-30)38(33)26-31(39)25-37-21-19-36(20-22-37)24-28-11-5-2-6-12-28/h2-18,23,31,39H,19-22,24-26H2,1H3/t31-/m1/s1. The first kappa shape index (κ1) is 25.6. The molecule has 0 radical (unpaired) electrons. The van der Waals surface area contributed by atoms with E-state index >= 15 is 0 Å². The Morgan fingerprint density at radius 1 is 0.667 bits per heavy atom. The number of β-amino-alcohol motifs (C(OH)–C–C–N with tert-alkyl or cyclic N) is 1. The average molecular weight is 516 g/mol. The van der Waals surface area contributed by atoms with Gasteiger partial charge in [-0.25, -0.2) is 0 Å². The zero-order valence-electron chi connectivity index (χ0n) is 22.7. The van der Waals surface area contributed by atoms with E-state index in [1.165, 1.54) is 44.4 Å². The van der Waals surface area contributed by atoms with Gasteiger partial charge in [-0.1, -0.05) is 103 Å². The highest BCUT2D eigenvalue weighted by Gasteiger charge is 2.24. The van der Waals surface area contributed by atoms with Gasteiger partial charge in [-0.2, -0.15) is 0 Å². The maximum absolute atomic E-state index is 11.4. The molecule has 2 heterocycles. The van der Waals surface area contributed by atoms with Crippen LogP contribution in [0.5, 0.6) is 0 Å². The molecule has 0 spiro atoms. The van der Waals surface area contributed by atoms with Crippen LogP contribution in [0.25, 0.3) is 33.3 Å². The van der Waals surface area contributed by atoms with Crippen LogP contribution in [0.4, 0.5) is 0 Å². The molecule has 4 nitrogen and oxygen atoms in total. The van der Waals surface area contributed by atoms with Gasteiger partial charge in [-0.05, 0) is 35.7 Å². The minimum absolute atomic E-state index is 0.464. The number of benzene rings is 4. The average Bonchev–Trinajstić information content (AvgIpc) is 3.28. The van der Waals surface area contributed by atoms with Crippen molar-refractivity contribution in [1.82, 2.24) is 14.4 Å². The topological polar surface area (TPSA) is 31.6 Å². The fraction of sp³-hybridized carbons (Fsp3) is 0.257. The maximum atomic E-state index is 11.4. The highest BCUT2D eigenvalue weighted by atomic mass is 16.3. The van der Waals surface area contributed by atoms with Gasteiger partial charge in [0.05, 0.1) is 18.3 Å². The number of hydrogen-bond acceptors (Lipinski definition) is 3. The van der Waals surface area contributed by atoms with Crippen molar-refractivity contribution >= 4 is 10.9 Å². The molecule has 1 aromatic heterocycles. The molecular weight excluding hydrogens is 478 g/mol. The Balaban J connectivity index is 1.26. The Morgan fingerprint density at radius 3 is 1.92 bits per heavy atom. The summed E-state index contributed by atoms with van der Waals surface area (Å²) < 4.78 is 2.35. The zero-order chi connectivity index (χ0) is 26.6. The lowest BCUT2D eigenvalue weighted by Gasteiger charge is -2.35. The van der Waals surface area contributed by atoms with Gasteiger partial charge in [0, 0.05) is 55.7 Å². The van der Waals surface area contributed by atoms with Gasteiger partial charge < -0.3 is 9.67 Å². The number of piperazine rings is 1. The number of nitrogens with zero attached hydrogens (tertiary/aromatic N) is 3. The molecule has 0 saturated carbocycles. The van der Waals surface area contributed by atoms with Crippen LogP contribution < -0.4 is 0 Å². The summed E-state index contributed by atoms with van der Waals surface area (Å²) >= 11 is 0. The van der Waals surface area contributed by atoms with Gasteiger partial charge >= 0.3 is 0 Å². The van der Waals surface area contributed by atoms with Gasteiger partial charge in [-0.15, -0.1) is 0 Å². The number of aryl methyl sites for hydroxylation is 1. The number of aromatic nitrogens is 1. The quantitative estimate of drug-likeness (QED) is 0.257. The predicted molar refractivity (Wildman–Crippen MR) is 162 cm³/mol. The van der Waals surface area contributed by atoms with Crippen LogP contribution in [0.3, 0.4) is 0 Å². The van der Waals surface area contributed by atoms with E-state index in [1.807, 2.05) is 0 Å². The van der Waals surface area contributed by atoms with E-state index in [1.54, 1.807) is 0 Å². The first-order valence-electron chi connectivity index (χ1n) is 14.1. The summed E-state index contributed by atoms with van der Waals surface area (Å²) in [6.45, 7) is 8.41. The van der Waals surface area contributed by atoms with Crippen molar-refractivity contribution in [1.29, 1.82) is 0 Å². The van der Waals surface area contributed by atoms with Crippen molar-refractivity contribution in [2.45, 2.75) is 26.1 Å². The smallest absolute Gasteiger partial charge is 0.0845 e. The normalized spacial score (nSPS) is 15.5. The molecule has 1 saturated heterocycles. The molecule has 1 atom stereocenters. The minimum atomic E-state index is -0.464. The van der Waals surface area contributed by atoms with Crippen LogP contribution in [0.1, 0.15) is 11.1 Å². The Labute approximate surface area is 231 Å². The van der Waals surface area contributed by atoms with Crippen molar-refractivity contribution in [2.75, 3.05) is 32.7 Å². The number of hydrogen-bond donors (Lipinski definition) is 1. The summed E-state index contributed by atoms with van der Waals surface area (Å²) in [7, 11) is 0. The van der Waals surface area contributed by atoms with Crippen molar-refractivity contribution < 1.29 is 5.11 Å². The van der Waals surface area contributed by atoms with E-state index < -0.39 is 6.10 Å². The van der Waals surface area contributed by atoms with E-state index in [2.05, 4.69) is 130 Å². The second-order valence-electron chi connectivity index (χ2n) is 10.8. The Morgan fingerprint density at radius 2 is 1.26 bits per heavy atom. The van der Waals surface area contributed by atoms with Crippen LogP contribution in [-0.2, 0) is 13.1 Å². The second kappa shape index (κ2) is 11.6. The highest BCUT2D eigenvalue weighted by molar-refractivity contribution is 6.04.